The summed E-state index contributed by atoms with van der Waals surface area (Å²) in [4.78, 5) is 44.0. The number of carbonyl (C=O) groups is 3. The number of nitrogens with zero attached hydrogens (tertiary/aromatic N) is 3. The summed E-state index contributed by atoms with van der Waals surface area (Å²) in [7, 11) is 1.66. The van der Waals surface area contributed by atoms with Crippen molar-refractivity contribution in [3.63, 3.8) is 0 Å². The number of nitrogens with one attached hydrogen (secondary N) is 1. The van der Waals surface area contributed by atoms with Crippen LogP contribution in [0, 0.1) is 23.5 Å². The number of likely N-dealkylation sites (N-methyl/N-ethyl adjacent to an activating group) is 1. The zero-order chi connectivity index (χ0) is 34.3. The lowest BCUT2D eigenvalue weighted by atomic mass is 9.69. The fourth-order valence-corrected chi connectivity index (χ4v) is 7.12. The molecule has 260 valence electrons. The number of aromatic nitrogens is 1. The number of carbonyl (C=O) groups excluding carboxylic acids is 3. The van der Waals surface area contributed by atoms with Gasteiger partial charge in [-0.3, -0.25) is 14.4 Å². The van der Waals surface area contributed by atoms with E-state index < -0.39 is 29.0 Å². The maximum absolute atomic E-state index is 14.3. The number of benzene rings is 2. The molecule has 2 fully saturated rings. The Labute approximate surface area is 280 Å². The molecule has 2 heterocycles. The molecule has 3 N–H and O–H groups in total. The van der Waals surface area contributed by atoms with Crippen LogP contribution in [-0.4, -0.2) is 90.7 Å². The van der Waals surface area contributed by atoms with Crippen molar-refractivity contribution in [3.05, 3.63) is 71.4 Å². The number of ether oxygens (including phenoxy) is 2. The summed E-state index contributed by atoms with van der Waals surface area (Å²) in [6, 6.07) is 13.6. The molecule has 1 saturated heterocycles. The zero-order valence-corrected chi connectivity index (χ0v) is 27.9. The molecular weight excluding hydrogens is 620 g/mol. The zero-order valence-electron chi connectivity index (χ0n) is 27.9. The molecule has 1 aromatic heterocycles. The Bertz CT molecular complexity index is 1570. The summed E-state index contributed by atoms with van der Waals surface area (Å²) in [5.74, 6) is -3.56. The molecule has 0 spiro atoms. The summed E-state index contributed by atoms with van der Waals surface area (Å²) in [5.41, 5.74) is 6.38. The number of fused-ring (bicyclic) bond motifs is 1. The van der Waals surface area contributed by atoms with Gasteiger partial charge in [0.1, 0.15) is 11.2 Å². The van der Waals surface area contributed by atoms with Crippen molar-refractivity contribution in [1.29, 1.82) is 0 Å². The van der Waals surface area contributed by atoms with Gasteiger partial charge in [-0.25, -0.2) is 8.78 Å². The highest BCUT2D eigenvalue weighted by molar-refractivity contribution is 5.99. The Balaban J connectivity index is 1.24. The number of amides is 3. The maximum atomic E-state index is 14.3. The topological polar surface area (TPSA) is 119 Å². The Kier molecular flexibility index (Phi) is 11.8. The van der Waals surface area contributed by atoms with Crippen LogP contribution in [0.3, 0.4) is 0 Å². The van der Waals surface area contributed by atoms with Crippen LogP contribution in [-0.2, 0) is 32.2 Å². The second kappa shape index (κ2) is 16.0. The van der Waals surface area contributed by atoms with Gasteiger partial charge < -0.3 is 34.9 Å². The van der Waals surface area contributed by atoms with Crippen LogP contribution in [0.25, 0.3) is 10.9 Å². The molecule has 3 aromatic rings. The van der Waals surface area contributed by atoms with Crippen molar-refractivity contribution >= 4 is 28.6 Å². The lowest BCUT2D eigenvalue weighted by Crippen LogP contribution is -2.64. The second-order valence-electron chi connectivity index (χ2n) is 13.0. The Morgan fingerprint density at radius 3 is 2.23 bits per heavy atom. The predicted octanol–water partition coefficient (Wildman–Crippen LogP) is 4.10. The van der Waals surface area contributed by atoms with E-state index >= 15 is 0 Å². The normalized spacial score (nSPS) is 17.8. The molecule has 3 amide bonds. The standard InChI is InChI=1S/C36H47F2N5O5/c1-36(40-2,35(39)46)32(26-11-7-4-8-12-26)34(45)42-15-13-41(14-16-42)33(44)31-22-27-21-28(37)29(38)23-30(27)43(31)17-18-47-19-20-48-24-25-9-5-3-6-10-25/h3,5-6,9-10,21-23,26,32,40H,4,7-8,11-20,24H2,1-2H3,(H2,39,46)/t32-,36?/m0/s1. The molecule has 12 heteroatoms. The number of halogens is 2. The quantitative estimate of drug-likeness (QED) is 0.250. The molecule has 2 atom stereocenters. The van der Waals surface area contributed by atoms with E-state index in [1.54, 1.807) is 34.4 Å². The van der Waals surface area contributed by atoms with Crippen molar-refractivity contribution < 1.29 is 32.6 Å². The minimum Gasteiger partial charge on any atom is -0.377 e. The van der Waals surface area contributed by atoms with Gasteiger partial charge in [0.15, 0.2) is 11.6 Å². The van der Waals surface area contributed by atoms with E-state index in [1.165, 1.54) is 0 Å². The molecule has 0 bridgehead atoms. The highest BCUT2D eigenvalue weighted by atomic mass is 19.2. The Morgan fingerprint density at radius 1 is 0.917 bits per heavy atom. The first-order valence-electron chi connectivity index (χ1n) is 16.9. The van der Waals surface area contributed by atoms with E-state index in [4.69, 9.17) is 15.2 Å². The molecule has 10 nitrogen and oxygen atoms in total. The third-order valence-corrected chi connectivity index (χ3v) is 10.0. The lowest BCUT2D eigenvalue weighted by Gasteiger charge is -2.44. The van der Waals surface area contributed by atoms with Crippen LogP contribution in [0.15, 0.2) is 48.5 Å². The fourth-order valence-electron chi connectivity index (χ4n) is 7.12. The van der Waals surface area contributed by atoms with E-state index in [1.807, 2.05) is 30.3 Å². The Morgan fingerprint density at radius 2 is 1.56 bits per heavy atom. The van der Waals surface area contributed by atoms with Crippen molar-refractivity contribution in [2.75, 3.05) is 53.0 Å². The van der Waals surface area contributed by atoms with Gasteiger partial charge in [-0.2, -0.15) is 0 Å². The highest BCUT2D eigenvalue weighted by Crippen LogP contribution is 2.37. The van der Waals surface area contributed by atoms with Crippen LogP contribution in [0.4, 0.5) is 8.78 Å². The van der Waals surface area contributed by atoms with Gasteiger partial charge in [-0.1, -0.05) is 49.6 Å². The maximum Gasteiger partial charge on any atom is 0.270 e. The molecule has 1 aliphatic carbocycles. The summed E-state index contributed by atoms with van der Waals surface area (Å²) in [6.45, 7) is 4.49. The monoisotopic (exact) mass is 667 g/mol. The van der Waals surface area contributed by atoms with Crippen LogP contribution in [0.2, 0.25) is 0 Å². The third-order valence-electron chi connectivity index (χ3n) is 10.0. The van der Waals surface area contributed by atoms with Gasteiger partial charge in [0.2, 0.25) is 11.8 Å². The van der Waals surface area contributed by atoms with Crippen molar-refractivity contribution in [2.24, 2.45) is 17.6 Å². The minimum absolute atomic E-state index is 0.0324. The summed E-state index contributed by atoms with van der Waals surface area (Å²) < 4.78 is 41.6. The Hall–Kier alpha value is -3.87. The molecule has 2 aliphatic rings. The van der Waals surface area contributed by atoms with Crippen LogP contribution >= 0.6 is 0 Å². The number of nitrogens with two attached hydrogens (primary N) is 1. The van der Waals surface area contributed by atoms with Gasteiger partial charge in [0.05, 0.1) is 37.9 Å². The van der Waals surface area contributed by atoms with E-state index in [9.17, 15) is 23.2 Å². The molecule has 48 heavy (non-hydrogen) atoms. The molecule has 1 unspecified atom stereocenters. The summed E-state index contributed by atoms with van der Waals surface area (Å²) in [5, 5.41) is 3.46. The van der Waals surface area contributed by atoms with Gasteiger partial charge in [-0.05, 0) is 50.4 Å². The largest absolute Gasteiger partial charge is 0.377 e. The van der Waals surface area contributed by atoms with E-state index in [-0.39, 0.29) is 49.7 Å². The van der Waals surface area contributed by atoms with Crippen LogP contribution in [0.1, 0.15) is 55.1 Å². The predicted molar refractivity (Wildman–Crippen MR) is 178 cm³/mol. The van der Waals surface area contributed by atoms with Crippen molar-refractivity contribution in [3.8, 4) is 0 Å². The highest BCUT2D eigenvalue weighted by Gasteiger charge is 2.49. The molecule has 5 rings (SSSR count). The second-order valence-corrected chi connectivity index (χ2v) is 13.0. The number of rotatable bonds is 14. The lowest BCUT2D eigenvalue weighted by molar-refractivity contribution is -0.147. The average Bonchev–Trinajstić information content (AvgIpc) is 3.45. The van der Waals surface area contributed by atoms with Crippen LogP contribution < -0.4 is 11.1 Å². The van der Waals surface area contributed by atoms with Crippen LogP contribution in [0.5, 0.6) is 0 Å². The molecule has 2 aromatic carbocycles. The SMILES string of the molecule is CNC(C)(C(N)=O)[C@H](C(=O)N1CCN(C(=O)c2cc3cc(F)c(F)cc3n2CCOCCOCc2ccccc2)CC1)C1CCCCC1. The van der Waals surface area contributed by atoms with E-state index in [0.29, 0.717) is 43.8 Å². The fraction of sp³-hybridized carbons (Fsp3) is 0.528. The van der Waals surface area contributed by atoms with Gasteiger partial charge >= 0.3 is 0 Å². The van der Waals surface area contributed by atoms with Gasteiger partial charge in [0, 0.05) is 44.2 Å². The first-order valence-corrected chi connectivity index (χ1v) is 16.9. The number of primary amides is 1. The first-order chi connectivity index (χ1) is 23.1. The van der Waals surface area contributed by atoms with Gasteiger partial charge in [0.25, 0.3) is 5.91 Å². The van der Waals surface area contributed by atoms with E-state index in [2.05, 4.69) is 5.32 Å². The third kappa shape index (κ3) is 7.88. The number of piperazine rings is 1. The van der Waals surface area contributed by atoms with E-state index in [0.717, 1.165) is 49.8 Å². The average molecular weight is 668 g/mol. The number of hydrogen-bond donors (Lipinski definition) is 2. The molecule has 0 radical (unpaired) electrons. The smallest absolute Gasteiger partial charge is 0.270 e. The minimum atomic E-state index is -1.20. The molecule has 1 aliphatic heterocycles. The van der Waals surface area contributed by atoms with Crippen molar-refractivity contribution in [1.82, 2.24) is 19.7 Å². The first kappa shape index (κ1) is 35.4. The molecule has 1 saturated carbocycles. The van der Waals surface area contributed by atoms with Crippen molar-refractivity contribution in [2.45, 2.75) is 57.7 Å². The summed E-state index contributed by atoms with van der Waals surface area (Å²) in [6.07, 6.45) is 4.83. The van der Waals surface area contributed by atoms with Gasteiger partial charge in [-0.15, -0.1) is 0 Å². The summed E-state index contributed by atoms with van der Waals surface area (Å²) >= 11 is 0. The molecular formula is C36H47F2N5O5. The number of hydrogen-bond acceptors (Lipinski definition) is 6.